The van der Waals surface area contributed by atoms with E-state index in [1.165, 1.54) is 19.3 Å². The number of hydrogen-bond donors (Lipinski definition) is 1. The first kappa shape index (κ1) is 11.9. The van der Waals surface area contributed by atoms with Gasteiger partial charge in [0.05, 0.1) is 0 Å². The third-order valence-corrected chi connectivity index (χ3v) is 4.27. The predicted octanol–water partition coefficient (Wildman–Crippen LogP) is 1.76. The molecule has 2 fully saturated rings. The molecule has 0 radical (unpaired) electrons. The molecule has 3 heteroatoms. The van der Waals surface area contributed by atoms with E-state index in [2.05, 4.69) is 18.7 Å². The molecule has 2 aliphatic rings. The molecule has 0 aromatic heterocycles. The van der Waals surface area contributed by atoms with Gasteiger partial charge in [0.1, 0.15) is 0 Å². The van der Waals surface area contributed by atoms with Gasteiger partial charge in [0, 0.05) is 24.5 Å². The second kappa shape index (κ2) is 4.74. The Morgan fingerprint density at radius 2 is 2.06 bits per heavy atom. The zero-order valence-electron chi connectivity index (χ0n) is 10.5. The lowest BCUT2D eigenvalue weighted by atomic mass is 9.93. The summed E-state index contributed by atoms with van der Waals surface area (Å²) in [6.07, 6.45) is 5.92. The van der Waals surface area contributed by atoms with Crippen LogP contribution in [-0.2, 0) is 4.79 Å². The minimum Gasteiger partial charge on any atom is -0.336 e. The van der Waals surface area contributed by atoms with E-state index in [-0.39, 0.29) is 12.0 Å². The van der Waals surface area contributed by atoms with Crippen LogP contribution in [-0.4, -0.2) is 29.4 Å². The van der Waals surface area contributed by atoms with Gasteiger partial charge in [-0.2, -0.15) is 0 Å². The van der Waals surface area contributed by atoms with Gasteiger partial charge in [-0.05, 0) is 44.9 Å². The molecular weight excluding hydrogens is 200 g/mol. The molecule has 0 aromatic carbocycles. The molecule has 1 saturated heterocycles. The molecule has 16 heavy (non-hydrogen) atoms. The van der Waals surface area contributed by atoms with Crippen molar-refractivity contribution in [2.24, 2.45) is 17.6 Å². The molecular formula is C13H24N2O. The summed E-state index contributed by atoms with van der Waals surface area (Å²) in [5.41, 5.74) is 5.79. The van der Waals surface area contributed by atoms with Gasteiger partial charge in [0.15, 0.2) is 0 Å². The highest BCUT2D eigenvalue weighted by atomic mass is 16.2. The van der Waals surface area contributed by atoms with E-state index in [9.17, 15) is 4.79 Å². The molecule has 3 nitrogen and oxygen atoms in total. The largest absolute Gasteiger partial charge is 0.336 e. The Morgan fingerprint density at radius 3 is 2.62 bits per heavy atom. The number of likely N-dealkylation sites (tertiary alicyclic amines) is 1. The Hall–Kier alpha value is -0.570. The average Bonchev–Trinajstić information content (AvgIpc) is 3.10. The van der Waals surface area contributed by atoms with Crippen molar-refractivity contribution in [2.75, 3.05) is 6.54 Å². The van der Waals surface area contributed by atoms with Crippen molar-refractivity contribution in [3.8, 4) is 0 Å². The molecule has 0 bridgehead atoms. The van der Waals surface area contributed by atoms with Crippen molar-refractivity contribution in [3.05, 3.63) is 0 Å². The standard InChI is InChI=1S/C13H24N2O/c1-9-4-3-5-12(8-14)15(9)13(16)10(2)11-6-7-11/h9-12H,3-8,14H2,1-2H3. The highest BCUT2D eigenvalue weighted by Gasteiger charge is 2.39. The molecule has 1 aliphatic carbocycles. The number of amides is 1. The SMILES string of the molecule is CC(C(=O)N1C(C)CCCC1CN)C1CC1. The number of carbonyl (C=O) groups excluding carboxylic acids is 1. The molecule has 92 valence electrons. The summed E-state index contributed by atoms with van der Waals surface area (Å²) >= 11 is 0. The maximum atomic E-state index is 12.4. The van der Waals surface area contributed by atoms with Gasteiger partial charge in [-0.15, -0.1) is 0 Å². The van der Waals surface area contributed by atoms with Crippen LogP contribution in [0.5, 0.6) is 0 Å². The molecule has 3 atom stereocenters. The third kappa shape index (κ3) is 2.24. The first-order valence-electron chi connectivity index (χ1n) is 6.67. The van der Waals surface area contributed by atoms with Crippen LogP contribution in [0.3, 0.4) is 0 Å². The molecule has 1 amide bonds. The van der Waals surface area contributed by atoms with Crippen LogP contribution >= 0.6 is 0 Å². The topological polar surface area (TPSA) is 46.3 Å². The molecule has 1 saturated carbocycles. The Bertz CT molecular complexity index is 263. The van der Waals surface area contributed by atoms with Gasteiger partial charge in [-0.3, -0.25) is 4.79 Å². The molecule has 2 N–H and O–H groups in total. The molecule has 1 aliphatic heterocycles. The molecule has 1 heterocycles. The number of carbonyl (C=O) groups is 1. The summed E-state index contributed by atoms with van der Waals surface area (Å²) < 4.78 is 0. The predicted molar refractivity (Wildman–Crippen MR) is 64.9 cm³/mol. The lowest BCUT2D eigenvalue weighted by Gasteiger charge is -2.41. The van der Waals surface area contributed by atoms with Crippen molar-refractivity contribution in [1.29, 1.82) is 0 Å². The number of piperidine rings is 1. The van der Waals surface area contributed by atoms with Crippen LogP contribution in [0.15, 0.2) is 0 Å². The van der Waals surface area contributed by atoms with Gasteiger partial charge >= 0.3 is 0 Å². The number of hydrogen-bond acceptors (Lipinski definition) is 2. The van der Waals surface area contributed by atoms with E-state index >= 15 is 0 Å². The van der Waals surface area contributed by atoms with Crippen LogP contribution in [0.4, 0.5) is 0 Å². The summed E-state index contributed by atoms with van der Waals surface area (Å²) in [7, 11) is 0. The second-order valence-corrected chi connectivity index (χ2v) is 5.54. The lowest BCUT2D eigenvalue weighted by Crippen LogP contribution is -2.53. The summed E-state index contributed by atoms with van der Waals surface area (Å²) in [5.74, 6) is 1.22. The highest BCUT2D eigenvalue weighted by molar-refractivity contribution is 5.80. The quantitative estimate of drug-likeness (QED) is 0.794. The summed E-state index contributed by atoms with van der Waals surface area (Å²) in [4.78, 5) is 14.5. The fourth-order valence-corrected chi connectivity index (χ4v) is 2.95. The minimum atomic E-state index is 0.217. The number of nitrogens with zero attached hydrogens (tertiary/aromatic N) is 1. The minimum absolute atomic E-state index is 0.217. The van der Waals surface area contributed by atoms with Crippen LogP contribution in [0.25, 0.3) is 0 Å². The molecule has 3 unspecified atom stereocenters. The first-order chi connectivity index (χ1) is 7.65. The Balaban J connectivity index is 2.05. The smallest absolute Gasteiger partial charge is 0.226 e. The monoisotopic (exact) mass is 224 g/mol. The first-order valence-corrected chi connectivity index (χ1v) is 6.67. The Labute approximate surface area is 98.4 Å². The maximum Gasteiger partial charge on any atom is 0.226 e. The van der Waals surface area contributed by atoms with Gasteiger partial charge in [-0.25, -0.2) is 0 Å². The van der Waals surface area contributed by atoms with Crippen molar-refractivity contribution >= 4 is 5.91 Å². The van der Waals surface area contributed by atoms with Crippen molar-refractivity contribution in [3.63, 3.8) is 0 Å². The zero-order valence-corrected chi connectivity index (χ0v) is 10.5. The summed E-state index contributed by atoms with van der Waals surface area (Å²) in [5, 5.41) is 0. The molecule has 0 spiro atoms. The van der Waals surface area contributed by atoms with Crippen LogP contribution in [0.1, 0.15) is 46.0 Å². The fraction of sp³-hybridized carbons (Fsp3) is 0.923. The van der Waals surface area contributed by atoms with E-state index in [1.807, 2.05) is 0 Å². The maximum absolute atomic E-state index is 12.4. The van der Waals surface area contributed by atoms with Gasteiger partial charge in [0.25, 0.3) is 0 Å². The molecule has 2 rings (SSSR count). The third-order valence-electron chi connectivity index (χ3n) is 4.27. The fourth-order valence-electron chi connectivity index (χ4n) is 2.95. The van der Waals surface area contributed by atoms with Crippen LogP contribution in [0, 0.1) is 11.8 Å². The van der Waals surface area contributed by atoms with E-state index < -0.39 is 0 Å². The highest BCUT2D eigenvalue weighted by Crippen LogP contribution is 2.38. The second-order valence-electron chi connectivity index (χ2n) is 5.54. The van der Waals surface area contributed by atoms with E-state index in [4.69, 9.17) is 5.73 Å². The van der Waals surface area contributed by atoms with Gasteiger partial charge in [-0.1, -0.05) is 6.92 Å². The van der Waals surface area contributed by atoms with E-state index in [1.54, 1.807) is 0 Å². The van der Waals surface area contributed by atoms with Crippen molar-refractivity contribution < 1.29 is 4.79 Å². The Kier molecular flexibility index (Phi) is 3.53. The van der Waals surface area contributed by atoms with Crippen LogP contribution < -0.4 is 5.73 Å². The van der Waals surface area contributed by atoms with E-state index in [0.29, 0.717) is 24.4 Å². The van der Waals surface area contributed by atoms with Gasteiger partial charge in [0.2, 0.25) is 5.91 Å². The lowest BCUT2D eigenvalue weighted by molar-refractivity contribution is -0.142. The van der Waals surface area contributed by atoms with Gasteiger partial charge < -0.3 is 10.6 Å². The normalized spacial score (nSPS) is 32.6. The summed E-state index contributed by atoms with van der Waals surface area (Å²) in [6, 6.07) is 0.674. The number of rotatable bonds is 3. The Morgan fingerprint density at radius 1 is 1.38 bits per heavy atom. The van der Waals surface area contributed by atoms with Crippen molar-refractivity contribution in [1.82, 2.24) is 4.90 Å². The van der Waals surface area contributed by atoms with E-state index in [0.717, 1.165) is 12.8 Å². The summed E-state index contributed by atoms with van der Waals surface area (Å²) in [6.45, 7) is 4.88. The van der Waals surface area contributed by atoms with Crippen molar-refractivity contribution in [2.45, 2.75) is 58.0 Å². The average molecular weight is 224 g/mol. The zero-order chi connectivity index (χ0) is 11.7. The number of nitrogens with two attached hydrogens (primary N) is 1. The van der Waals surface area contributed by atoms with Crippen LogP contribution in [0.2, 0.25) is 0 Å². The molecule has 0 aromatic rings.